The van der Waals surface area contributed by atoms with Crippen LogP contribution in [0.25, 0.3) is 0 Å². The first-order valence-corrected chi connectivity index (χ1v) is 5.25. The fourth-order valence-corrected chi connectivity index (χ4v) is 1.37. The molecule has 9 heteroatoms. The quantitative estimate of drug-likeness (QED) is 0.744. The molecule has 0 aliphatic heterocycles. The number of anilines is 1. The van der Waals surface area contributed by atoms with Crippen LogP contribution in [-0.4, -0.2) is 46.9 Å². The largest absolute Gasteiger partial charge is 0.508 e. The number of carboxylic acids is 1. The first-order chi connectivity index (χ1) is 9.10. The van der Waals surface area contributed by atoms with Crippen molar-refractivity contribution in [3.05, 3.63) is 23.8 Å². The molecule has 0 saturated heterocycles. The zero-order valence-electron chi connectivity index (χ0n) is 10.2. The maximum absolute atomic E-state index is 12.1. The molecule has 0 aliphatic rings. The number of urea groups is 1. The average molecular weight is 292 g/mol. The number of aromatic hydroxyl groups is 1. The second-order valence-electron chi connectivity index (χ2n) is 3.94. The number of nitrogens with one attached hydrogen (secondary N) is 1. The lowest BCUT2D eigenvalue weighted by Gasteiger charge is -2.20. The number of hydrogen-bond donors (Lipinski definition) is 3. The second-order valence-corrected chi connectivity index (χ2v) is 3.94. The van der Waals surface area contributed by atoms with Crippen molar-refractivity contribution >= 4 is 17.7 Å². The Morgan fingerprint density at radius 3 is 2.45 bits per heavy atom. The molecule has 0 fully saturated rings. The van der Waals surface area contributed by atoms with Gasteiger partial charge in [0.25, 0.3) is 0 Å². The molecule has 1 aromatic rings. The van der Waals surface area contributed by atoms with Crippen LogP contribution in [-0.2, 0) is 0 Å². The van der Waals surface area contributed by atoms with Gasteiger partial charge in [0.15, 0.2) is 0 Å². The van der Waals surface area contributed by atoms with Gasteiger partial charge in [0, 0.05) is 7.05 Å². The molecule has 0 bridgehead atoms. The molecule has 0 heterocycles. The molecule has 1 rings (SSSR count). The van der Waals surface area contributed by atoms with E-state index in [4.69, 9.17) is 10.2 Å². The predicted molar refractivity (Wildman–Crippen MR) is 62.8 cm³/mol. The van der Waals surface area contributed by atoms with Gasteiger partial charge in [-0.05, 0) is 18.2 Å². The van der Waals surface area contributed by atoms with Gasteiger partial charge in [-0.25, -0.2) is 9.59 Å². The lowest BCUT2D eigenvalue weighted by molar-refractivity contribution is -0.137. The minimum atomic E-state index is -4.56. The number of phenolic OH excluding ortho intramolecular Hbond substituents is 1. The molecule has 3 N–H and O–H groups in total. The normalized spacial score (nSPS) is 11.0. The molecular weight excluding hydrogens is 281 g/mol. The molecule has 0 aliphatic carbocycles. The highest BCUT2D eigenvalue weighted by atomic mass is 19.4. The van der Waals surface area contributed by atoms with Gasteiger partial charge in [-0.3, -0.25) is 0 Å². The van der Waals surface area contributed by atoms with Crippen molar-refractivity contribution in [3.8, 4) is 5.75 Å². The lowest BCUT2D eigenvalue weighted by Crippen LogP contribution is -2.38. The monoisotopic (exact) mass is 292 g/mol. The van der Waals surface area contributed by atoms with Gasteiger partial charge in [0.1, 0.15) is 12.3 Å². The molecule has 0 saturated carbocycles. The highest BCUT2D eigenvalue weighted by Crippen LogP contribution is 2.22. The number of amides is 2. The van der Waals surface area contributed by atoms with Crippen LogP contribution >= 0.6 is 0 Å². The van der Waals surface area contributed by atoms with Gasteiger partial charge in [0.2, 0.25) is 0 Å². The molecule has 0 spiro atoms. The first-order valence-electron chi connectivity index (χ1n) is 5.25. The summed E-state index contributed by atoms with van der Waals surface area (Å²) in [5.41, 5.74) is -0.645. The van der Waals surface area contributed by atoms with Crippen LogP contribution in [0.5, 0.6) is 5.75 Å². The van der Waals surface area contributed by atoms with Crippen LogP contribution in [0.4, 0.5) is 23.7 Å². The first kappa shape index (κ1) is 15.6. The number of benzene rings is 1. The van der Waals surface area contributed by atoms with Gasteiger partial charge in [-0.1, -0.05) is 0 Å². The molecule has 0 radical (unpaired) electrons. The average Bonchev–Trinajstić information content (AvgIpc) is 2.28. The summed E-state index contributed by atoms with van der Waals surface area (Å²) in [6.07, 6.45) is -4.56. The maximum Gasteiger partial charge on any atom is 0.406 e. The Kier molecular flexibility index (Phi) is 4.43. The van der Waals surface area contributed by atoms with E-state index in [0.29, 0.717) is 4.90 Å². The third-order valence-corrected chi connectivity index (χ3v) is 2.24. The number of hydrogen-bond acceptors (Lipinski definition) is 3. The van der Waals surface area contributed by atoms with Crippen molar-refractivity contribution in [1.29, 1.82) is 0 Å². The van der Waals surface area contributed by atoms with Gasteiger partial charge in [-0.15, -0.1) is 0 Å². The van der Waals surface area contributed by atoms with E-state index in [0.717, 1.165) is 25.2 Å². The van der Waals surface area contributed by atoms with E-state index in [1.165, 1.54) is 0 Å². The van der Waals surface area contributed by atoms with Crippen molar-refractivity contribution in [2.75, 3.05) is 18.9 Å². The zero-order chi connectivity index (χ0) is 15.5. The van der Waals surface area contributed by atoms with E-state index in [1.54, 1.807) is 0 Å². The van der Waals surface area contributed by atoms with Crippen molar-refractivity contribution in [1.82, 2.24) is 4.90 Å². The number of phenols is 1. The number of aromatic carboxylic acids is 1. The molecule has 110 valence electrons. The Bertz CT molecular complexity index is 531. The SMILES string of the molecule is CN(CC(F)(F)F)C(=O)Nc1ccc(O)cc1C(=O)O. The summed E-state index contributed by atoms with van der Waals surface area (Å²) in [5, 5.41) is 20.1. The lowest BCUT2D eigenvalue weighted by atomic mass is 10.1. The second kappa shape index (κ2) is 5.68. The molecule has 0 aromatic heterocycles. The van der Waals surface area contributed by atoms with Crippen molar-refractivity contribution in [3.63, 3.8) is 0 Å². The molecule has 2 amide bonds. The van der Waals surface area contributed by atoms with Gasteiger partial charge in [0.05, 0.1) is 11.3 Å². The number of halogens is 3. The summed E-state index contributed by atoms with van der Waals surface area (Å²) in [6, 6.07) is 1.95. The number of carbonyl (C=O) groups excluding carboxylic acids is 1. The van der Waals surface area contributed by atoms with Crippen LogP contribution in [0.1, 0.15) is 10.4 Å². The summed E-state index contributed by atoms with van der Waals surface area (Å²) in [5.74, 6) is -1.78. The number of rotatable bonds is 3. The van der Waals surface area contributed by atoms with Gasteiger partial charge >= 0.3 is 18.2 Å². The smallest absolute Gasteiger partial charge is 0.406 e. The Balaban J connectivity index is 2.88. The van der Waals surface area contributed by atoms with E-state index in [1.807, 2.05) is 5.32 Å². The fraction of sp³-hybridized carbons (Fsp3) is 0.273. The summed E-state index contributed by atoms with van der Waals surface area (Å²) < 4.78 is 36.4. The zero-order valence-corrected chi connectivity index (χ0v) is 10.2. The van der Waals surface area contributed by atoms with E-state index < -0.39 is 30.3 Å². The van der Waals surface area contributed by atoms with Crippen LogP contribution in [0.3, 0.4) is 0 Å². The van der Waals surface area contributed by atoms with Gasteiger partial charge in [-0.2, -0.15) is 13.2 Å². The molecule has 1 aromatic carbocycles. The molecule has 0 atom stereocenters. The summed E-state index contributed by atoms with van der Waals surface area (Å²) >= 11 is 0. The van der Waals surface area contributed by atoms with Crippen LogP contribution in [0, 0.1) is 0 Å². The van der Waals surface area contributed by atoms with Crippen molar-refractivity contribution in [2.45, 2.75) is 6.18 Å². The third kappa shape index (κ3) is 4.34. The number of carbonyl (C=O) groups is 2. The Labute approximate surface area is 111 Å². The Morgan fingerprint density at radius 2 is 1.95 bits per heavy atom. The van der Waals surface area contributed by atoms with Crippen molar-refractivity contribution in [2.24, 2.45) is 0 Å². The summed E-state index contributed by atoms with van der Waals surface area (Å²) in [7, 11) is 0.920. The van der Waals surface area contributed by atoms with Crippen LogP contribution in [0.15, 0.2) is 18.2 Å². The third-order valence-electron chi connectivity index (χ3n) is 2.24. The van der Waals surface area contributed by atoms with E-state index in [2.05, 4.69) is 0 Å². The van der Waals surface area contributed by atoms with E-state index in [-0.39, 0.29) is 11.4 Å². The number of carboxylic acid groups (broad SMARTS) is 1. The van der Waals surface area contributed by atoms with E-state index >= 15 is 0 Å². The topological polar surface area (TPSA) is 89.9 Å². The molecule has 6 nitrogen and oxygen atoms in total. The minimum absolute atomic E-state index is 0.214. The maximum atomic E-state index is 12.1. The summed E-state index contributed by atoms with van der Waals surface area (Å²) in [6.45, 7) is -1.47. The van der Waals surface area contributed by atoms with Gasteiger partial charge < -0.3 is 20.4 Å². The molecule has 20 heavy (non-hydrogen) atoms. The Hall–Kier alpha value is -2.45. The minimum Gasteiger partial charge on any atom is -0.508 e. The van der Waals surface area contributed by atoms with Crippen LogP contribution in [0.2, 0.25) is 0 Å². The summed E-state index contributed by atoms with van der Waals surface area (Å²) in [4.78, 5) is 22.8. The molecule has 0 unspecified atom stereocenters. The van der Waals surface area contributed by atoms with E-state index in [9.17, 15) is 22.8 Å². The fourth-order valence-electron chi connectivity index (χ4n) is 1.37. The number of alkyl halides is 3. The van der Waals surface area contributed by atoms with Crippen molar-refractivity contribution < 1.29 is 33.0 Å². The van der Waals surface area contributed by atoms with Crippen LogP contribution < -0.4 is 5.32 Å². The highest BCUT2D eigenvalue weighted by molar-refractivity contribution is 6.00. The Morgan fingerprint density at radius 1 is 1.35 bits per heavy atom. The predicted octanol–water partition coefficient (Wildman–Crippen LogP) is 2.12. The molecular formula is C11H11F3N2O4. The highest BCUT2D eigenvalue weighted by Gasteiger charge is 2.31. The number of nitrogens with zero attached hydrogens (tertiary/aromatic N) is 1. The standard InChI is InChI=1S/C11H11F3N2O4/c1-16(5-11(12,13)14)10(20)15-8-3-2-6(17)4-7(8)9(18)19/h2-4,17H,5H2,1H3,(H,15,20)(H,18,19).